The van der Waals surface area contributed by atoms with Crippen molar-refractivity contribution in [3.05, 3.63) is 103 Å². The van der Waals surface area contributed by atoms with E-state index in [1.807, 2.05) is 54.6 Å². The maximum absolute atomic E-state index is 14.0. The van der Waals surface area contributed by atoms with Gasteiger partial charge in [0.1, 0.15) is 11.7 Å². The van der Waals surface area contributed by atoms with Crippen LogP contribution in [-0.2, 0) is 32.5 Å². The molecule has 2 unspecified atom stereocenters. The Morgan fingerprint density at radius 2 is 1.61 bits per heavy atom. The quantitative estimate of drug-likeness (QED) is 0.106. The number of imide groups is 1. The number of likely N-dealkylation sites (tertiary alicyclic amines) is 1. The molecule has 242 valence electrons. The number of amides is 2. The van der Waals surface area contributed by atoms with Crippen molar-refractivity contribution in [2.24, 2.45) is 11.8 Å². The zero-order valence-electron chi connectivity index (χ0n) is 25.8. The molecule has 2 amide bonds. The van der Waals surface area contributed by atoms with Crippen LogP contribution in [0.3, 0.4) is 0 Å². The first-order chi connectivity index (χ1) is 22.1. The predicted octanol–water partition coefficient (Wildman–Crippen LogP) is 3.84. The minimum atomic E-state index is -4.05. The summed E-state index contributed by atoms with van der Waals surface area (Å²) in [6, 6.07) is 22.8. The lowest BCUT2D eigenvalue weighted by molar-refractivity contribution is -0.992. The van der Waals surface area contributed by atoms with Crippen molar-refractivity contribution >= 4 is 21.8 Å². The van der Waals surface area contributed by atoms with Gasteiger partial charge >= 0.3 is 11.8 Å². The molecule has 0 spiro atoms. The minimum Gasteiger partial charge on any atom is -0.497 e. The first kappa shape index (κ1) is 33.2. The highest BCUT2D eigenvalue weighted by Gasteiger charge is 2.65. The second kappa shape index (κ2) is 14.1. The van der Waals surface area contributed by atoms with Crippen LogP contribution in [0, 0.1) is 11.8 Å². The van der Waals surface area contributed by atoms with E-state index >= 15 is 0 Å². The van der Waals surface area contributed by atoms with Crippen LogP contribution in [0.25, 0.3) is 11.1 Å². The standard InChI is InChI=1S/C34H39N4O7S/c1-37(46(43,44)30-17-15-29(45-2)16-18-30)21-32-31(10-6-7-24-11-13-26(14-12-24)25-8-4-3-5-9-25)33(40)38(42,34(32)41)28(22-39)19-27-20-35-23-36-27/h3-5,8-9,11-18,20,23,28,31-32,39,42H,6-7,10,19,21-22H2,1-2H3,(H,35,36)/q+1/t28?,31-,32-,38?/m1/s1. The van der Waals surface area contributed by atoms with Crippen molar-refractivity contribution in [1.82, 2.24) is 14.3 Å². The molecule has 3 aromatic carbocycles. The molecule has 4 aromatic rings. The summed E-state index contributed by atoms with van der Waals surface area (Å²) in [7, 11) is -1.22. The normalized spacial score (nSPS) is 20.7. The van der Waals surface area contributed by atoms with Gasteiger partial charge in [-0.3, -0.25) is 0 Å². The number of aliphatic hydroxyl groups excluding tert-OH is 1. The molecule has 5 rings (SSSR count). The number of imidazole rings is 1. The first-order valence-corrected chi connectivity index (χ1v) is 16.6. The SMILES string of the molecule is COc1ccc(S(=O)(=O)N(C)C[C@H]2C(=O)[N+](O)(C(CO)Cc3cnc[nH]3)C(=O)[C@@H]2CCCc2ccc(-c3ccccc3)cc2)cc1. The van der Waals surface area contributed by atoms with Crippen molar-refractivity contribution in [2.45, 2.75) is 36.6 Å². The Morgan fingerprint density at radius 3 is 2.22 bits per heavy atom. The Balaban J connectivity index is 1.37. The smallest absolute Gasteiger partial charge is 0.358 e. The summed E-state index contributed by atoms with van der Waals surface area (Å²) in [5.41, 5.74) is 3.76. The summed E-state index contributed by atoms with van der Waals surface area (Å²) in [5, 5.41) is 22.0. The van der Waals surface area contributed by atoms with Gasteiger partial charge in [0.2, 0.25) is 10.0 Å². The maximum Gasteiger partial charge on any atom is 0.358 e. The highest BCUT2D eigenvalue weighted by molar-refractivity contribution is 7.89. The fourth-order valence-corrected chi connectivity index (χ4v) is 7.33. The van der Waals surface area contributed by atoms with Gasteiger partial charge in [0.15, 0.2) is 6.04 Å². The number of methoxy groups -OCH3 is 1. The van der Waals surface area contributed by atoms with Crippen LogP contribution < -0.4 is 4.74 Å². The average molecular weight is 648 g/mol. The summed E-state index contributed by atoms with van der Waals surface area (Å²) < 4.78 is 31.5. The van der Waals surface area contributed by atoms with E-state index in [2.05, 4.69) is 9.97 Å². The Kier molecular flexibility index (Phi) is 10.1. The highest BCUT2D eigenvalue weighted by Crippen LogP contribution is 2.38. The summed E-state index contributed by atoms with van der Waals surface area (Å²) in [4.78, 5) is 34.8. The number of carbonyl (C=O) groups is 2. The molecule has 0 saturated carbocycles. The summed E-state index contributed by atoms with van der Waals surface area (Å²) in [6.45, 7) is -0.974. The molecule has 3 N–H and O–H groups in total. The second-order valence-electron chi connectivity index (χ2n) is 11.6. The third kappa shape index (κ3) is 6.67. The molecule has 0 radical (unpaired) electrons. The van der Waals surface area contributed by atoms with Gasteiger partial charge in [-0.25, -0.2) is 28.2 Å². The number of aromatic amines is 1. The van der Waals surface area contributed by atoms with Crippen molar-refractivity contribution in [3.63, 3.8) is 0 Å². The van der Waals surface area contributed by atoms with E-state index < -0.39 is 51.0 Å². The van der Waals surface area contributed by atoms with Crippen LogP contribution in [0.15, 0.2) is 96.3 Å². The largest absolute Gasteiger partial charge is 0.497 e. The Hall–Kier alpha value is -4.20. The molecule has 0 aliphatic carbocycles. The number of hydrogen-bond donors (Lipinski definition) is 3. The number of aryl methyl sites for hydroxylation is 1. The number of hydroxylamine groups is 3. The third-order valence-corrected chi connectivity index (χ3v) is 10.6. The Bertz CT molecular complexity index is 1730. The highest BCUT2D eigenvalue weighted by atomic mass is 32.2. The van der Waals surface area contributed by atoms with Crippen LogP contribution in [0.4, 0.5) is 0 Å². The van der Waals surface area contributed by atoms with Gasteiger partial charge in [0.05, 0.1) is 30.9 Å². The number of rotatable bonds is 14. The molecule has 1 saturated heterocycles. The lowest BCUT2D eigenvalue weighted by Gasteiger charge is -2.28. The molecule has 46 heavy (non-hydrogen) atoms. The Labute approximate surface area is 268 Å². The maximum atomic E-state index is 14.0. The average Bonchev–Trinajstić information content (AvgIpc) is 3.66. The van der Waals surface area contributed by atoms with Crippen molar-refractivity contribution in [3.8, 4) is 16.9 Å². The molecule has 1 aliphatic heterocycles. The Morgan fingerprint density at radius 1 is 0.957 bits per heavy atom. The molecule has 0 bridgehead atoms. The van der Waals surface area contributed by atoms with Crippen LogP contribution in [0.1, 0.15) is 24.1 Å². The van der Waals surface area contributed by atoms with Gasteiger partial charge < -0.3 is 14.8 Å². The van der Waals surface area contributed by atoms with Gasteiger partial charge in [-0.15, -0.1) is 0 Å². The number of aliphatic hydroxyl groups is 1. The second-order valence-corrected chi connectivity index (χ2v) is 13.7. The van der Waals surface area contributed by atoms with E-state index in [1.54, 1.807) is 0 Å². The summed E-state index contributed by atoms with van der Waals surface area (Å²) >= 11 is 0. The monoisotopic (exact) mass is 647 g/mol. The van der Waals surface area contributed by atoms with Crippen LogP contribution in [0.5, 0.6) is 5.75 Å². The number of nitrogens with zero attached hydrogens (tertiary/aromatic N) is 3. The van der Waals surface area contributed by atoms with E-state index in [-0.39, 0.29) is 24.3 Å². The minimum absolute atomic E-state index is 0.000281. The fraction of sp³-hybridized carbons (Fsp3) is 0.324. The van der Waals surface area contributed by atoms with Crippen LogP contribution >= 0.6 is 0 Å². The van der Waals surface area contributed by atoms with Gasteiger partial charge in [-0.2, -0.15) is 4.31 Å². The molecule has 1 fully saturated rings. The van der Waals surface area contributed by atoms with Gasteiger partial charge in [-0.1, -0.05) is 59.2 Å². The van der Waals surface area contributed by atoms with E-state index in [4.69, 9.17) is 4.74 Å². The van der Waals surface area contributed by atoms with Gasteiger partial charge in [0, 0.05) is 31.9 Å². The molecule has 12 heteroatoms. The molecule has 1 aliphatic rings. The van der Waals surface area contributed by atoms with E-state index in [1.165, 1.54) is 50.9 Å². The lowest BCUT2D eigenvalue weighted by atomic mass is 9.89. The summed E-state index contributed by atoms with van der Waals surface area (Å²) in [5.74, 6) is -3.19. The number of quaternary nitrogens is 1. The van der Waals surface area contributed by atoms with Crippen LogP contribution in [-0.4, -0.2) is 82.8 Å². The number of H-pyrrole nitrogens is 1. The predicted molar refractivity (Wildman–Crippen MR) is 170 cm³/mol. The number of sulfonamides is 1. The number of hydrogen-bond acceptors (Lipinski definition) is 8. The molecule has 1 aromatic heterocycles. The third-order valence-electron chi connectivity index (χ3n) is 8.80. The lowest BCUT2D eigenvalue weighted by Crippen LogP contribution is -2.60. The van der Waals surface area contributed by atoms with E-state index in [9.17, 15) is 28.3 Å². The van der Waals surface area contributed by atoms with Crippen LogP contribution in [0.2, 0.25) is 0 Å². The van der Waals surface area contributed by atoms with E-state index in [0.29, 0.717) is 24.3 Å². The fourth-order valence-electron chi connectivity index (χ4n) is 6.14. The first-order valence-electron chi connectivity index (χ1n) is 15.1. The zero-order valence-corrected chi connectivity index (χ0v) is 26.6. The zero-order chi connectivity index (χ0) is 32.9. The molecular formula is C34H39N4O7S+. The number of aromatic nitrogens is 2. The van der Waals surface area contributed by atoms with Crippen molar-refractivity contribution < 1.29 is 37.7 Å². The summed E-state index contributed by atoms with van der Waals surface area (Å²) in [6.07, 6.45) is 4.28. The molecule has 4 atom stereocenters. The topological polar surface area (TPSA) is 150 Å². The molecular weight excluding hydrogens is 608 g/mol. The number of ether oxygens (including phenoxy) is 1. The van der Waals surface area contributed by atoms with Gasteiger partial charge in [0.25, 0.3) is 0 Å². The number of nitrogens with one attached hydrogen (secondary N) is 1. The van der Waals surface area contributed by atoms with Gasteiger partial charge in [-0.05, 0) is 60.2 Å². The number of carbonyl (C=O) groups excluding carboxylic acids is 2. The van der Waals surface area contributed by atoms with E-state index in [0.717, 1.165) is 21.0 Å². The van der Waals surface area contributed by atoms with Crippen molar-refractivity contribution in [2.75, 3.05) is 27.3 Å². The molecule has 11 nitrogen and oxygen atoms in total. The van der Waals surface area contributed by atoms with Crippen molar-refractivity contribution in [1.29, 1.82) is 0 Å². The molecule has 2 heterocycles. The number of benzene rings is 3.